The molecule has 1 aromatic carbocycles. The molecule has 1 fully saturated rings. The molecule has 9 nitrogen and oxygen atoms in total. The lowest BCUT2D eigenvalue weighted by Gasteiger charge is -2.29. The Morgan fingerprint density at radius 1 is 1.12 bits per heavy atom. The number of halogens is 2. The van der Waals surface area contributed by atoms with Crippen molar-refractivity contribution < 1.29 is 8.95 Å². The van der Waals surface area contributed by atoms with Crippen molar-refractivity contribution in [2.75, 3.05) is 35.2 Å². The summed E-state index contributed by atoms with van der Waals surface area (Å²) >= 11 is 12.3. The van der Waals surface area contributed by atoms with Crippen molar-refractivity contribution in [1.29, 1.82) is 10.2 Å². The van der Waals surface area contributed by atoms with Crippen molar-refractivity contribution in [2.24, 2.45) is 5.73 Å². The molecule has 1 aliphatic heterocycles. The van der Waals surface area contributed by atoms with E-state index in [0.717, 1.165) is 0 Å². The smallest absolute Gasteiger partial charge is 0.177 e. The van der Waals surface area contributed by atoms with E-state index in [1.165, 1.54) is 12.4 Å². The van der Waals surface area contributed by atoms with Crippen LogP contribution in [-0.4, -0.2) is 44.5 Å². The fourth-order valence-electron chi connectivity index (χ4n) is 3.56. The highest BCUT2D eigenvalue weighted by Gasteiger charge is 2.21. The van der Waals surface area contributed by atoms with Gasteiger partial charge in [0.1, 0.15) is 11.6 Å². The van der Waals surface area contributed by atoms with Gasteiger partial charge in [-0.25, -0.2) is 9.19 Å². The third-order valence-corrected chi connectivity index (χ3v) is 7.76. The van der Waals surface area contributed by atoms with Crippen LogP contribution in [0.3, 0.4) is 0 Å². The van der Waals surface area contributed by atoms with E-state index < -0.39 is 16.0 Å². The molecule has 0 unspecified atom stereocenters. The first kappa shape index (κ1) is 24.2. The number of anilines is 2. The number of nitrogen functional groups attached to an aromatic ring is 1. The lowest BCUT2D eigenvalue weighted by atomic mass is 10.0. The number of pyridine rings is 2. The van der Waals surface area contributed by atoms with Gasteiger partial charge in [0.2, 0.25) is 0 Å². The Morgan fingerprint density at radius 3 is 2.41 bits per heavy atom. The Kier molecular flexibility index (Phi) is 6.94. The van der Waals surface area contributed by atoms with Crippen LogP contribution in [0.5, 0.6) is 5.75 Å². The van der Waals surface area contributed by atoms with E-state index in [1.807, 2.05) is 4.90 Å². The number of nitrogens with two attached hydrogens (primary N) is 2. The highest BCUT2D eigenvalue weighted by molar-refractivity contribution is 7.92. The summed E-state index contributed by atoms with van der Waals surface area (Å²) in [6.45, 7) is 1.04. The van der Waals surface area contributed by atoms with E-state index >= 15 is 0 Å². The predicted molar refractivity (Wildman–Crippen MR) is 136 cm³/mol. The zero-order valence-corrected chi connectivity index (χ0v) is 20.3. The summed E-state index contributed by atoms with van der Waals surface area (Å²) in [4.78, 5) is 10.4. The number of nitrogens with zero attached hydrogens (tertiary/aromatic N) is 3. The van der Waals surface area contributed by atoms with Gasteiger partial charge >= 0.3 is 0 Å². The van der Waals surface area contributed by atoms with Gasteiger partial charge in [0.05, 0.1) is 15.8 Å². The molecule has 12 heteroatoms. The van der Waals surface area contributed by atoms with Crippen LogP contribution in [0.25, 0.3) is 0 Å². The minimum absolute atomic E-state index is 0.170. The van der Waals surface area contributed by atoms with E-state index in [1.54, 1.807) is 36.5 Å². The van der Waals surface area contributed by atoms with Gasteiger partial charge in [-0.2, -0.15) is 0 Å². The van der Waals surface area contributed by atoms with Crippen LogP contribution in [0.1, 0.15) is 22.9 Å². The number of rotatable bonds is 6. The standard InChI is InChI=1S/C22H23Cl2N7O2S/c23-16-11-29-12-17(24)20(16)22(27)33-14-2-3-18(25)15(9-14)21(26)13-1-4-19(30-10-13)31-5-7-34(28,32)8-6-31/h1-4,9-12,22,26,28H,5-8,25,27H2/t22-/m0/s1. The summed E-state index contributed by atoms with van der Waals surface area (Å²) in [6, 6.07) is 8.50. The number of hydrogen-bond donors (Lipinski definition) is 4. The lowest BCUT2D eigenvalue weighted by Crippen LogP contribution is -2.40. The number of ether oxygens (including phenoxy) is 1. The molecule has 1 atom stereocenters. The summed E-state index contributed by atoms with van der Waals surface area (Å²) in [5.41, 5.74) is 14.3. The lowest BCUT2D eigenvalue weighted by molar-refractivity contribution is 0.214. The highest BCUT2D eigenvalue weighted by Crippen LogP contribution is 2.31. The van der Waals surface area contributed by atoms with Crippen molar-refractivity contribution in [1.82, 2.24) is 9.97 Å². The molecule has 3 heterocycles. The Bertz CT molecular complexity index is 1300. The maximum atomic E-state index is 11.9. The number of benzene rings is 1. The van der Waals surface area contributed by atoms with Gasteiger partial charge in [-0.15, -0.1) is 0 Å². The maximum absolute atomic E-state index is 11.9. The second-order valence-corrected chi connectivity index (χ2v) is 11.0. The molecular weight excluding hydrogens is 497 g/mol. The normalized spacial score (nSPS) is 16.1. The van der Waals surface area contributed by atoms with Gasteiger partial charge in [-0.05, 0) is 30.3 Å². The van der Waals surface area contributed by atoms with Crippen LogP contribution in [0.4, 0.5) is 11.5 Å². The van der Waals surface area contributed by atoms with Crippen LogP contribution in [0, 0.1) is 10.2 Å². The Labute approximate surface area is 207 Å². The molecule has 0 bridgehead atoms. The molecule has 2 aromatic heterocycles. The predicted octanol–water partition coefficient (Wildman–Crippen LogP) is 3.68. The molecule has 4 rings (SSSR count). The number of hydrogen-bond acceptors (Lipinski definition) is 9. The molecule has 6 N–H and O–H groups in total. The van der Waals surface area contributed by atoms with Gasteiger partial charge in [0, 0.05) is 75.3 Å². The second-order valence-electron chi connectivity index (χ2n) is 7.79. The SMILES string of the molecule is N=C(c1ccc(N2CCS(=N)(=O)CC2)nc1)c1cc(O[C@H](N)c2c(Cl)cncc2Cl)ccc1N. The number of aromatic nitrogens is 2. The van der Waals surface area contributed by atoms with Crippen LogP contribution in [0.15, 0.2) is 48.9 Å². The molecule has 0 aliphatic carbocycles. The molecule has 3 aromatic rings. The van der Waals surface area contributed by atoms with Crippen LogP contribution in [0.2, 0.25) is 10.0 Å². The van der Waals surface area contributed by atoms with Crippen molar-refractivity contribution in [3.8, 4) is 5.75 Å². The quantitative estimate of drug-likeness (QED) is 0.220. The van der Waals surface area contributed by atoms with Gasteiger partial charge in [-0.1, -0.05) is 23.2 Å². The topological polar surface area (TPSA) is 155 Å². The third-order valence-electron chi connectivity index (χ3n) is 5.47. The first-order valence-electron chi connectivity index (χ1n) is 10.3. The Balaban J connectivity index is 1.52. The first-order valence-corrected chi connectivity index (χ1v) is 12.9. The Morgan fingerprint density at radius 2 is 1.79 bits per heavy atom. The molecular formula is C22H23Cl2N7O2S. The van der Waals surface area contributed by atoms with E-state index in [2.05, 4.69) is 9.97 Å². The fourth-order valence-corrected chi connectivity index (χ4v) is 5.37. The Hall–Kier alpha value is -2.92. The van der Waals surface area contributed by atoms with Gasteiger partial charge in [-0.3, -0.25) is 20.9 Å². The second kappa shape index (κ2) is 9.75. The minimum atomic E-state index is -2.48. The number of nitrogens with one attached hydrogen (secondary N) is 2. The first-order chi connectivity index (χ1) is 16.1. The zero-order valence-electron chi connectivity index (χ0n) is 18.0. The molecule has 1 aliphatic rings. The summed E-state index contributed by atoms with van der Waals surface area (Å²) < 4.78 is 25.4. The van der Waals surface area contributed by atoms with Crippen molar-refractivity contribution in [2.45, 2.75) is 6.23 Å². The van der Waals surface area contributed by atoms with Crippen molar-refractivity contribution in [3.63, 3.8) is 0 Å². The van der Waals surface area contributed by atoms with Gasteiger partial charge < -0.3 is 15.4 Å². The average molecular weight is 520 g/mol. The summed E-state index contributed by atoms with van der Waals surface area (Å²) in [7, 11) is -2.48. The summed E-state index contributed by atoms with van der Waals surface area (Å²) in [5.74, 6) is 1.76. The highest BCUT2D eigenvalue weighted by atomic mass is 35.5. The van der Waals surface area contributed by atoms with E-state index in [0.29, 0.717) is 58.5 Å². The average Bonchev–Trinajstić information content (AvgIpc) is 2.80. The molecule has 0 saturated carbocycles. The van der Waals surface area contributed by atoms with Crippen LogP contribution >= 0.6 is 23.2 Å². The molecule has 0 radical (unpaired) electrons. The third kappa shape index (κ3) is 5.25. The van der Waals surface area contributed by atoms with E-state index in [9.17, 15) is 4.21 Å². The van der Waals surface area contributed by atoms with Crippen LogP contribution < -0.4 is 21.1 Å². The largest absolute Gasteiger partial charge is 0.471 e. The van der Waals surface area contributed by atoms with E-state index in [4.69, 9.17) is 49.6 Å². The summed E-state index contributed by atoms with van der Waals surface area (Å²) in [6.07, 6.45) is 3.51. The molecule has 0 spiro atoms. The fraction of sp³-hybridized carbons (Fsp3) is 0.227. The molecule has 1 saturated heterocycles. The molecule has 0 amide bonds. The zero-order chi connectivity index (χ0) is 24.5. The minimum Gasteiger partial charge on any atom is -0.471 e. The maximum Gasteiger partial charge on any atom is 0.177 e. The van der Waals surface area contributed by atoms with Crippen molar-refractivity contribution >= 4 is 50.1 Å². The van der Waals surface area contributed by atoms with Crippen molar-refractivity contribution in [3.05, 3.63) is 75.7 Å². The van der Waals surface area contributed by atoms with Gasteiger partial charge in [0.25, 0.3) is 0 Å². The van der Waals surface area contributed by atoms with Crippen LogP contribution in [-0.2, 0) is 9.73 Å². The van der Waals surface area contributed by atoms with E-state index in [-0.39, 0.29) is 15.8 Å². The monoisotopic (exact) mass is 519 g/mol. The van der Waals surface area contributed by atoms with Gasteiger partial charge in [0.15, 0.2) is 6.23 Å². The summed E-state index contributed by atoms with van der Waals surface area (Å²) in [5, 5.41) is 9.23. The molecule has 178 valence electrons. The molecule has 34 heavy (non-hydrogen) atoms.